The van der Waals surface area contributed by atoms with Gasteiger partial charge < -0.3 is 56.7 Å². The summed E-state index contributed by atoms with van der Waals surface area (Å²) in [6.07, 6.45) is -3.54. The summed E-state index contributed by atoms with van der Waals surface area (Å²) in [6, 6.07) is -0.932. The molecule has 0 aromatic rings. The van der Waals surface area contributed by atoms with Crippen LogP contribution in [-0.2, 0) is 4.79 Å². The summed E-state index contributed by atoms with van der Waals surface area (Å²) in [5, 5.41) is 51.4. The topological polar surface area (TPSA) is 252 Å². The van der Waals surface area contributed by atoms with Crippen molar-refractivity contribution in [1.29, 1.82) is 5.41 Å². The SMILES string of the molecule is N=C(N)NCCC[C@H](N)C(=O)[O-].O=C([O-])O.O=C([O-])[O-].[Ca+2].[Ca+2]. The fourth-order valence-electron chi connectivity index (χ4n) is 0.663. The van der Waals surface area contributed by atoms with Gasteiger partial charge in [0.2, 0.25) is 6.16 Å². The molecular formula is C8H14Ca2N4O8. The molecule has 1 atom stereocenters. The van der Waals surface area contributed by atoms with E-state index in [0.717, 1.165) is 0 Å². The number of carbonyl (C=O) groups excluding carboxylic acids is 2. The summed E-state index contributed by atoms with van der Waals surface area (Å²) in [4.78, 5) is 26.9. The molecule has 0 saturated heterocycles. The number of nitrogens with two attached hydrogens (primary N) is 2. The maximum absolute atomic E-state index is 10.1. The number of rotatable bonds is 5. The summed E-state index contributed by atoms with van der Waals surface area (Å²) in [5.41, 5.74) is 10.1. The predicted octanol–water partition coefficient (Wildman–Crippen LogP) is -6.99. The standard InChI is InChI=1S/C6H14N4O2.2CH2O3.2Ca/c7-4(5(11)12)2-1-3-10-6(8)9;2*2-1(3)4;;/h4H,1-3,7H2,(H,11,12)(H4,8,9,10);2*(H2,2,3,4);;/q;;;2*+2/p-4/t4-;;;;/m0..../s1. The zero-order chi connectivity index (χ0) is 16.7. The van der Waals surface area contributed by atoms with E-state index in [1.54, 1.807) is 0 Å². The minimum atomic E-state index is -2.33. The average Bonchev–Trinajstić information content (AvgIpc) is 2.21. The van der Waals surface area contributed by atoms with E-state index in [2.05, 4.69) is 5.32 Å². The van der Waals surface area contributed by atoms with Crippen LogP contribution in [0.1, 0.15) is 12.8 Å². The monoisotopic (exact) mass is 374 g/mol. The molecule has 0 spiro atoms. The molecule has 0 bridgehead atoms. The second kappa shape index (κ2) is 23.0. The van der Waals surface area contributed by atoms with E-state index in [1.165, 1.54) is 0 Å². The van der Waals surface area contributed by atoms with Crippen molar-refractivity contribution in [3.05, 3.63) is 0 Å². The van der Waals surface area contributed by atoms with Crippen LogP contribution in [0.5, 0.6) is 0 Å². The molecular weight excluding hydrogens is 360 g/mol. The van der Waals surface area contributed by atoms with E-state index in [1.807, 2.05) is 0 Å². The molecule has 22 heavy (non-hydrogen) atoms. The van der Waals surface area contributed by atoms with Gasteiger partial charge in [0.15, 0.2) is 5.96 Å². The Balaban J connectivity index is -0.0000000812. The smallest absolute Gasteiger partial charge is 0.652 e. The van der Waals surface area contributed by atoms with Gasteiger partial charge in [-0.25, -0.2) is 0 Å². The van der Waals surface area contributed by atoms with Crippen LogP contribution in [0.25, 0.3) is 0 Å². The Kier molecular flexibility index (Phi) is 35.0. The van der Waals surface area contributed by atoms with Crippen molar-refractivity contribution < 1.29 is 39.9 Å². The third-order valence-corrected chi connectivity index (χ3v) is 1.31. The van der Waals surface area contributed by atoms with Crippen molar-refractivity contribution in [3.8, 4) is 0 Å². The molecule has 0 aliphatic carbocycles. The van der Waals surface area contributed by atoms with Gasteiger partial charge in [0.1, 0.15) is 0 Å². The number of aliphatic carboxylic acids is 1. The summed E-state index contributed by atoms with van der Waals surface area (Å²) in [6.45, 7) is 0.455. The molecule has 14 heteroatoms. The summed E-state index contributed by atoms with van der Waals surface area (Å²) < 4.78 is 0. The largest absolute Gasteiger partial charge is 2.00 e. The van der Waals surface area contributed by atoms with Crippen LogP contribution >= 0.6 is 0 Å². The minimum absolute atomic E-state index is 0. The molecule has 0 radical (unpaired) electrons. The maximum atomic E-state index is 10.1. The van der Waals surface area contributed by atoms with Crippen LogP contribution in [0.4, 0.5) is 9.59 Å². The summed E-state index contributed by atoms with van der Waals surface area (Å²) in [5.74, 6) is -1.38. The van der Waals surface area contributed by atoms with E-state index in [-0.39, 0.29) is 81.4 Å². The number of carboxylic acid groups (broad SMARTS) is 5. The van der Waals surface area contributed by atoms with Crippen molar-refractivity contribution in [3.63, 3.8) is 0 Å². The Bertz CT molecular complexity index is 311. The quantitative estimate of drug-likeness (QED) is 0.131. The van der Waals surface area contributed by atoms with Crippen molar-refractivity contribution in [1.82, 2.24) is 5.32 Å². The molecule has 0 rings (SSSR count). The van der Waals surface area contributed by atoms with Gasteiger partial charge >= 0.3 is 75.5 Å². The van der Waals surface area contributed by atoms with Gasteiger partial charge in [-0.1, -0.05) is 0 Å². The number of guanidine groups is 1. The molecule has 0 saturated carbocycles. The van der Waals surface area contributed by atoms with Crippen LogP contribution in [0, 0.1) is 5.41 Å². The van der Waals surface area contributed by atoms with Crippen molar-refractivity contribution in [2.75, 3.05) is 6.54 Å². The second-order valence-electron chi connectivity index (χ2n) is 2.92. The number of nitrogens with one attached hydrogen (secondary N) is 2. The summed E-state index contributed by atoms with van der Waals surface area (Å²) in [7, 11) is 0. The third-order valence-electron chi connectivity index (χ3n) is 1.31. The van der Waals surface area contributed by atoms with Crippen molar-refractivity contribution >= 4 is 99.7 Å². The molecule has 7 N–H and O–H groups in total. The van der Waals surface area contributed by atoms with E-state index in [4.69, 9.17) is 46.9 Å². The van der Waals surface area contributed by atoms with Crippen LogP contribution in [0.15, 0.2) is 0 Å². The molecule has 118 valence electrons. The zero-order valence-electron chi connectivity index (χ0n) is 11.6. The first-order valence-corrected chi connectivity index (χ1v) is 4.82. The van der Waals surface area contributed by atoms with Crippen LogP contribution < -0.4 is 37.2 Å². The van der Waals surface area contributed by atoms with Gasteiger partial charge in [0.05, 0.1) is 5.97 Å². The molecule has 0 amide bonds. The number of hydrogen-bond donors (Lipinski definition) is 5. The van der Waals surface area contributed by atoms with Gasteiger partial charge in [0, 0.05) is 12.6 Å². The first kappa shape index (κ1) is 33.4. The Morgan fingerprint density at radius 1 is 1.14 bits per heavy atom. The fourth-order valence-corrected chi connectivity index (χ4v) is 0.663. The minimum Gasteiger partial charge on any atom is -0.652 e. The van der Waals surface area contributed by atoms with Crippen molar-refractivity contribution in [2.24, 2.45) is 11.5 Å². The Morgan fingerprint density at radius 2 is 1.45 bits per heavy atom. The molecule has 12 nitrogen and oxygen atoms in total. The van der Waals surface area contributed by atoms with Crippen molar-refractivity contribution in [2.45, 2.75) is 18.9 Å². The number of carboxylic acids is 1. The van der Waals surface area contributed by atoms with Gasteiger partial charge in [-0.05, 0) is 19.0 Å². The van der Waals surface area contributed by atoms with E-state index < -0.39 is 24.3 Å². The Morgan fingerprint density at radius 3 is 1.68 bits per heavy atom. The number of carbonyl (C=O) groups is 3. The van der Waals surface area contributed by atoms with Crippen LogP contribution in [0.2, 0.25) is 0 Å². The van der Waals surface area contributed by atoms with E-state index in [9.17, 15) is 9.90 Å². The molecule has 0 heterocycles. The molecule has 0 aliphatic heterocycles. The normalized spacial score (nSPS) is 8.77. The van der Waals surface area contributed by atoms with Gasteiger partial charge in [-0.3, -0.25) is 5.41 Å². The molecule has 0 unspecified atom stereocenters. The Labute approximate surface area is 185 Å². The number of hydrogen-bond acceptors (Lipinski definition) is 9. The summed E-state index contributed by atoms with van der Waals surface area (Å²) >= 11 is 0. The van der Waals surface area contributed by atoms with Crippen LogP contribution in [0.3, 0.4) is 0 Å². The zero-order valence-corrected chi connectivity index (χ0v) is 16.0. The van der Waals surface area contributed by atoms with E-state index >= 15 is 0 Å². The molecule has 0 aliphatic rings. The molecule has 0 fully saturated rings. The molecule has 0 aromatic carbocycles. The average molecular weight is 374 g/mol. The first-order chi connectivity index (χ1) is 9.00. The second-order valence-corrected chi connectivity index (χ2v) is 2.92. The van der Waals surface area contributed by atoms with Crippen LogP contribution in [-0.4, -0.2) is 117 Å². The van der Waals surface area contributed by atoms with E-state index in [0.29, 0.717) is 19.4 Å². The predicted molar refractivity (Wildman–Crippen MR) is 67.1 cm³/mol. The van der Waals surface area contributed by atoms with Gasteiger partial charge in [0.25, 0.3) is 0 Å². The van der Waals surface area contributed by atoms with Gasteiger partial charge in [-0.15, -0.1) is 0 Å². The Hall–Kier alpha value is -0.241. The van der Waals surface area contributed by atoms with Gasteiger partial charge in [-0.2, -0.15) is 0 Å². The molecule has 0 aromatic heterocycles. The first-order valence-electron chi connectivity index (χ1n) is 4.82. The maximum Gasteiger partial charge on any atom is 2.00 e. The third kappa shape index (κ3) is 60.1. The fraction of sp³-hybridized carbons (Fsp3) is 0.500.